The van der Waals surface area contributed by atoms with Crippen molar-refractivity contribution in [3.8, 4) is 28.3 Å². The Morgan fingerprint density at radius 3 is 1.74 bits per heavy atom. The first kappa shape index (κ1) is 40.6. The topological polar surface area (TPSA) is 111 Å². The number of pyridine rings is 2. The summed E-state index contributed by atoms with van der Waals surface area (Å²) in [6.45, 7) is 0. The van der Waals surface area contributed by atoms with Gasteiger partial charge < -0.3 is 15.7 Å². The molecule has 272 valence electrons. The smallest absolute Gasteiger partial charge is 0.143 e. The van der Waals surface area contributed by atoms with Gasteiger partial charge in [-0.15, -0.1) is 0 Å². The largest absolute Gasteiger partial charge is 0.460 e. The minimum Gasteiger partial charge on any atom is -0.460 e. The van der Waals surface area contributed by atoms with Gasteiger partial charge in [-0.2, -0.15) is 0 Å². The number of phenolic OH excluding ortho intramolecular Hbond substituents is 1. The number of aromatic nitrogens is 2. The van der Waals surface area contributed by atoms with Crippen molar-refractivity contribution in [2.24, 2.45) is 0 Å². The van der Waals surface area contributed by atoms with E-state index in [0.29, 0.717) is 5.78 Å². The Labute approximate surface area is 328 Å². The van der Waals surface area contributed by atoms with Gasteiger partial charge in [-0.05, 0) is 73.2 Å². The van der Waals surface area contributed by atoms with E-state index in [-0.39, 0.29) is 11.9 Å². The second-order valence-corrected chi connectivity index (χ2v) is 28.1. The number of para-hydroxylation sites is 2. The van der Waals surface area contributed by atoms with Crippen LogP contribution in [0.4, 0.5) is 0 Å². The molecule has 0 saturated heterocycles. The fraction of sp³-hybridized carbons (Fsp3) is 0.190. The minimum atomic E-state index is -3.11. The maximum Gasteiger partial charge on any atom is 0.143 e. The number of carbonyl (C=O) groups is 1. The van der Waals surface area contributed by atoms with E-state index in [9.17, 15) is 9.90 Å². The molecule has 1 saturated carbocycles. The number of carbonyl (C=O) groups excluding carboxylic acids is 1. The number of aromatic hydroxyl groups is 1. The molecule has 0 aliphatic heterocycles. The summed E-state index contributed by atoms with van der Waals surface area (Å²) < 4.78 is 6.25. The average molecular weight is 824 g/mol. The van der Waals surface area contributed by atoms with Crippen LogP contribution in [0.1, 0.15) is 49.8 Å². The van der Waals surface area contributed by atoms with Gasteiger partial charge in [0.25, 0.3) is 0 Å². The third kappa shape index (κ3) is 11.2. The number of rotatable bonds is 2. The number of ketones is 1. The third-order valence-corrected chi connectivity index (χ3v) is 8.95. The molecule has 2 aliphatic rings. The van der Waals surface area contributed by atoms with E-state index in [1.807, 2.05) is 60.9 Å². The van der Waals surface area contributed by atoms with Crippen molar-refractivity contribution >= 4 is 75.5 Å². The molecule has 1 fully saturated rings. The monoisotopic (exact) mass is 822 g/mol. The third-order valence-electron chi connectivity index (χ3n) is 8.95. The first-order valence-electron chi connectivity index (χ1n) is 17.3. The fourth-order valence-corrected chi connectivity index (χ4v) is 6.45. The van der Waals surface area contributed by atoms with Gasteiger partial charge in [-0.1, -0.05) is 72.8 Å². The van der Waals surface area contributed by atoms with E-state index < -0.39 is 12.3 Å². The second-order valence-electron chi connectivity index (χ2n) is 12.6. The molecule has 53 heavy (non-hydrogen) atoms. The zero-order valence-electron chi connectivity index (χ0n) is 29.1. The van der Waals surface area contributed by atoms with Crippen LogP contribution >= 0.6 is 37.2 Å². The molecule has 3 aromatic heterocycles. The molecule has 3 heterocycles. The van der Waals surface area contributed by atoms with Crippen molar-refractivity contribution in [2.75, 3.05) is 0 Å². The molecular weight excluding hydrogens is 784 g/mol. The van der Waals surface area contributed by atoms with Gasteiger partial charge in [-0.25, -0.2) is 4.79 Å². The SMILES string of the molecule is N.O=C1[CH+]CCCC1.Oc1ccccc1-c1cc2ccccc2cn1.[Cl][Ti]([Cl])([Cl])[Cl].c1ccc2cc(-c3cccc4c5c(oc34)CCCC5)ncc2c1. The van der Waals surface area contributed by atoms with E-state index in [4.69, 9.17) is 41.6 Å². The van der Waals surface area contributed by atoms with Crippen LogP contribution in [0.2, 0.25) is 0 Å². The first-order chi connectivity index (χ1) is 25.1. The molecule has 0 spiro atoms. The van der Waals surface area contributed by atoms with Crippen LogP contribution in [0.5, 0.6) is 5.75 Å². The number of nitrogens with zero attached hydrogens (tertiary/aromatic N) is 2. The Hall–Kier alpha value is -3.59. The number of furan rings is 1. The van der Waals surface area contributed by atoms with Gasteiger partial charge >= 0.3 is 55.3 Å². The van der Waals surface area contributed by atoms with E-state index in [1.54, 1.807) is 18.6 Å². The van der Waals surface area contributed by atoms with Crippen LogP contribution in [0.15, 0.2) is 120 Å². The maximum absolute atomic E-state index is 10.4. The van der Waals surface area contributed by atoms with Crippen molar-refractivity contribution in [3.63, 3.8) is 0 Å². The molecule has 9 rings (SSSR count). The molecule has 0 atom stereocenters. The Morgan fingerprint density at radius 1 is 0.642 bits per heavy atom. The van der Waals surface area contributed by atoms with Gasteiger partial charge in [0.2, 0.25) is 0 Å². The molecule has 11 heteroatoms. The summed E-state index contributed by atoms with van der Waals surface area (Å²) >= 11 is -3.11. The number of halogens is 4. The van der Waals surface area contributed by atoms with Crippen molar-refractivity contribution in [3.05, 3.63) is 133 Å². The number of hydrogen-bond acceptors (Lipinski definition) is 6. The van der Waals surface area contributed by atoms with E-state index in [0.717, 1.165) is 71.0 Å². The number of fused-ring (bicyclic) bond motifs is 5. The van der Waals surface area contributed by atoms with Gasteiger partial charge in [0, 0.05) is 51.7 Å². The number of aryl methyl sites for hydroxylation is 2. The summed E-state index contributed by atoms with van der Waals surface area (Å²) in [5, 5.41) is 15.7. The van der Waals surface area contributed by atoms with E-state index >= 15 is 0 Å². The molecular formula is C42H40Cl4N3O3Ti+. The van der Waals surface area contributed by atoms with Crippen LogP contribution in [0.25, 0.3) is 55.0 Å². The maximum atomic E-state index is 10.4. The number of Topliss-reactive ketones (excluding diaryl/α,β-unsaturated/α-hetero) is 1. The Balaban J connectivity index is 0.000000158. The van der Waals surface area contributed by atoms with Crippen LogP contribution < -0.4 is 6.15 Å². The molecule has 0 bridgehead atoms. The molecule has 2 aliphatic carbocycles. The minimum absolute atomic E-state index is 0. The van der Waals surface area contributed by atoms with Crippen molar-refractivity contribution in [2.45, 2.75) is 51.4 Å². The van der Waals surface area contributed by atoms with Crippen molar-refractivity contribution in [1.82, 2.24) is 16.1 Å². The van der Waals surface area contributed by atoms with Crippen molar-refractivity contribution in [1.29, 1.82) is 0 Å². The van der Waals surface area contributed by atoms with Crippen LogP contribution in [0.3, 0.4) is 0 Å². The summed E-state index contributed by atoms with van der Waals surface area (Å²) in [4.78, 5) is 19.5. The van der Waals surface area contributed by atoms with E-state index in [1.165, 1.54) is 46.7 Å². The van der Waals surface area contributed by atoms with Gasteiger partial charge in [0.15, 0.2) is 0 Å². The van der Waals surface area contributed by atoms with Crippen molar-refractivity contribution < 1.29 is 26.7 Å². The number of hydrogen-bond donors (Lipinski definition) is 2. The molecule has 4 aromatic carbocycles. The molecule has 4 N–H and O–H groups in total. The molecule has 7 aromatic rings. The van der Waals surface area contributed by atoms with Gasteiger partial charge in [0.1, 0.15) is 23.5 Å². The summed E-state index contributed by atoms with van der Waals surface area (Å²) in [5.41, 5.74) is 6.05. The summed E-state index contributed by atoms with van der Waals surface area (Å²) in [6.07, 6.45) is 14.4. The summed E-state index contributed by atoms with van der Waals surface area (Å²) in [5.74, 6) is 1.78. The Bertz CT molecular complexity index is 2290. The van der Waals surface area contributed by atoms with Gasteiger partial charge in [-0.3, -0.25) is 9.97 Å². The molecule has 0 radical (unpaired) electrons. The number of benzene rings is 4. The molecule has 6 nitrogen and oxygen atoms in total. The average Bonchev–Trinajstić information content (AvgIpc) is 3.54. The van der Waals surface area contributed by atoms with Crippen LogP contribution in [0, 0.1) is 6.42 Å². The standard InChI is InChI=1S/C21H17NO.C15H11NO.C6H9O.4ClH.H3N.Ti/c1-2-7-15-13-22-19(12-14(15)6-1)18-10-5-9-17-16-8-3-4-11-20(16)23-21(17)18;17-15-8-4-3-7-13(15)14-9-11-5-1-2-6-12(11)10-16-14;7-6-4-2-1-3-5-6;;;;;;/h1-2,5-7,9-10,12-13H,3-4,8,11H2;1-10,17H;4H,1-3,5H2;4*1H;1H3;/q;;+1;;;;;;+4/p-4. The summed E-state index contributed by atoms with van der Waals surface area (Å²) in [6, 6.07) is 34.2. The quantitative estimate of drug-likeness (QED) is 0.133. The zero-order valence-corrected chi connectivity index (χ0v) is 33.7. The predicted molar refractivity (Wildman–Crippen MR) is 219 cm³/mol. The zero-order chi connectivity index (χ0) is 36.5. The van der Waals surface area contributed by atoms with Gasteiger partial charge in [0.05, 0.1) is 24.2 Å². The normalized spacial score (nSPS) is 13.5. The fourth-order valence-electron chi connectivity index (χ4n) is 6.45. The Kier molecular flexibility index (Phi) is 14.7. The van der Waals surface area contributed by atoms with Crippen LogP contribution in [-0.2, 0) is 30.0 Å². The molecule has 0 amide bonds. The van der Waals surface area contributed by atoms with E-state index in [2.05, 4.69) is 52.4 Å². The molecule has 0 unspecified atom stereocenters. The predicted octanol–water partition coefficient (Wildman–Crippen LogP) is 13.4. The number of phenols is 1. The second kappa shape index (κ2) is 19.1. The Morgan fingerprint density at radius 2 is 1.17 bits per heavy atom. The van der Waals surface area contributed by atoms with Crippen LogP contribution in [-0.4, -0.2) is 20.9 Å². The first-order valence-corrected chi connectivity index (χ1v) is 25.9. The summed E-state index contributed by atoms with van der Waals surface area (Å²) in [7, 11) is 20.1.